The molecule has 2 rings (SSSR count). The molecule has 2 heterocycles. The first kappa shape index (κ1) is 11.3. The summed E-state index contributed by atoms with van der Waals surface area (Å²) in [7, 11) is 0. The van der Waals surface area contributed by atoms with Gasteiger partial charge >= 0.3 is 5.97 Å². The van der Waals surface area contributed by atoms with Crippen molar-refractivity contribution in [3.63, 3.8) is 0 Å². The highest BCUT2D eigenvalue weighted by molar-refractivity contribution is 5.83. The Morgan fingerprint density at radius 2 is 2.19 bits per heavy atom. The highest BCUT2D eigenvalue weighted by Crippen LogP contribution is 2.15. The number of rotatable bonds is 3. The minimum Gasteiger partial charge on any atom is -0.481 e. The van der Waals surface area contributed by atoms with Crippen molar-refractivity contribution >= 4 is 11.9 Å². The van der Waals surface area contributed by atoms with Crippen LogP contribution >= 0.6 is 0 Å². The van der Waals surface area contributed by atoms with E-state index in [0.717, 1.165) is 19.4 Å². The highest BCUT2D eigenvalue weighted by Gasteiger charge is 2.36. The Hall–Kier alpha value is -1.14. The van der Waals surface area contributed by atoms with Crippen molar-refractivity contribution in [3.8, 4) is 0 Å². The lowest BCUT2D eigenvalue weighted by Crippen LogP contribution is -2.49. The predicted molar refractivity (Wildman–Crippen MR) is 54.9 cm³/mol. The summed E-state index contributed by atoms with van der Waals surface area (Å²) in [4.78, 5) is 22.6. The molecule has 1 amide bonds. The third-order valence-corrected chi connectivity index (χ3v) is 3.10. The SMILES string of the molecule is O=C(O)C1COCC1NC(=O)[C@@H]1CCCN1. The number of carboxylic acid groups (broad SMARTS) is 1. The zero-order valence-electron chi connectivity index (χ0n) is 8.94. The molecule has 3 N–H and O–H groups in total. The molecular formula is C10H16N2O4. The van der Waals surface area contributed by atoms with Gasteiger partial charge in [-0.2, -0.15) is 0 Å². The first-order chi connectivity index (χ1) is 7.68. The number of aliphatic carboxylic acids is 1. The molecule has 90 valence electrons. The first-order valence-electron chi connectivity index (χ1n) is 5.53. The van der Waals surface area contributed by atoms with Crippen molar-refractivity contribution in [2.24, 2.45) is 5.92 Å². The van der Waals surface area contributed by atoms with E-state index < -0.39 is 17.9 Å². The van der Waals surface area contributed by atoms with Gasteiger partial charge < -0.3 is 20.5 Å². The van der Waals surface area contributed by atoms with Crippen molar-refractivity contribution in [1.29, 1.82) is 0 Å². The molecule has 0 radical (unpaired) electrons. The number of carboxylic acids is 1. The number of hydrogen-bond donors (Lipinski definition) is 3. The van der Waals surface area contributed by atoms with Crippen LogP contribution in [0.5, 0.6) is 0 Å². The molecule has 0 saturated carbocycles. The predicted octanol–water partition coefficient (Wildman–Crippen LogP) is -1.05. The van der Waals surface area contributed by atoms with Gasteiger partial charge in [-0.1, -0.05) is 0 Å². The number of ether oxygens (including phenoxy) is 1. The van der Waals surface area contributed by atoms with E-state index in [1.54, 1.807) is 0 Å². The molecule has 0 aromatic rings. The normalized spacial score (nSPS) is 33.9. The zero-order valence-corrected chi connectivity index (χ0v) is 8.94. The highest BCUT2D eigenvalue weighted by atomic mass is 16.5. The number of carbonyl (C=O) groups is 2. The van der Waals surface area contributed by atoms with Gasteiger partial charge in [0, 0.05) is 0 Å². The monoisotopic (exact) mass is 228 g/mol. The Bertz CT molecular complexity index is 289. The van der Waals surface area contributed by atoms with Gasteiger partial charge in [-0.3, -0.25) is 9.59 Å². The first-order valence-corrected chi connectivity index (χ1v) is 5.53. The molecule has 0 aliphatic carbocycles. The average molecular weight is 228 g/mol. The molecule has 6 nitrogen and oxygen atoms in total. The van der Waals surface area contributed by atoms with E-state index in [9.17, 15) is 9.59 Å². The van der Waals surface area contributed by atoms with Gasteiger partial charge in [0.15, 0.2) is 0 Å². The second-order valence-corrected chi connectivity index (χ2v) is 4.25. The van der Waals surface area contributed by atoms with Crippen LogP contribution in [0.25, 0.3) is 0 Å². The molecule has 2 saturated heterocycles. The van der Waals surface area contributed by atoms with Crippen LogP contribution in [0.15, 0.2) is 0 Å². The summed E-state index contributed by atoms with van der Waals surface area (Å²) in [6.45, 7) is 1.31. The van der Waals surface area contributed by atoms with Gasteiger partial charge in [0.1, 0.15) is 5.92 Å². The Morgan fingerprint density at radius 1 is 1.38 bits per heavy atom. The molecule has 2 aliphatic heterocycles. The van der Waals surface area contributed by atoms with Crippen LogP contribution in [-0.2, 0) is 14.3 Å². The summed E-state index contributed by atoms with van der Waals surface area (Å²) in [6, 6.07) is -0.567. The Balaban J connectivity index is 1.88. The van der Waals surface area contributed by atoms with Crippen LogP contribution in [0.3, 0.4) is 0 Å². The van der Waals surface area contributed by atoms with Crippen LogP contribution in [0.2, 0.25) is 0 Å². The minimum atomic E-state index is -0.915. The summed E-state index contributed by atoms with van der Waals surface area (Å²) < 4.78 is 5.08. The molecule has 0 bridgehead atoms. The second-order valence-electron chi connectivity index (χ2n) is 4.25. The molecule has 2 fully saturated rings. The standard InChI is InChI=1S/C10H16N2O4/c13-9(7-2-1-3-11-7)12-8-5-16-4-6(8)10(14)15/h6-8,11H,1-5H2,(H,12,13)(H,14,15)/t6?,7-,8?/m0/s1. The van der Waals surface area contributed by atoms with Gasteiger partial charge in [-0.25, -0.2) is 0 Å². The van der Waals surface area contributed by atoms with Gasteiger partial charge in [-0.15, -0.1) is 0 Å². The lowest BCUT2D eigenvalue weighted by Gasteiger charge is -2.18. The van der Waals surface area contributed by atoms with Crippen molar-refractivity contribution < 1.29 is 19.4 Å². The Morgan fingerprint density at radius 3 is 2.81 bits per heavy atom. The third kappa shape index (κ3) is 2.33. The van der Waals surface area contributed by atoms with Gasteiger partial charge in [0.2, 0.25) is 5.91 Å². The van der Waals surface area contributed by atoms with E-state index in [2.05, 4.69) is 10.6 Å². The molecular weight excluding hydrogens is 212 g/mol. The minimum absolute atomic E-state index is 0.112. The fraction of sp³-hybridized carbons (Fsp3) is 0.800. The average Bonchev–Trinajstić information content (AvgIpc) is 2.86. The summed E-state index contributed by atoms with van der Waals surface area (Å²) in [5.41, 5.74) is 0. The fourth-order valence-electron chi connectivity index (χ4n) is 2.13. The van der Waals surface area contributed by atoms with Crippen LogP contribution in [0, 0.1) is 5.92 Å². The summed E-state index contributed by atoms with van der Waals surface area (Å²) in [5.74, 6) is -1.65. The molecule has 0 aromatic heterocycles. The van der Waals surface area contributed by atoms with E-state index in [1.165, 1.54) is 0 Å². The van der Waals surface area contributed by atoms with Crippen LogP contribution in [0.1, 0.15) is 12.8 Å². The van der Waals surface area contributed by atoms with Crippen LogP contribution < -0.4 is 10.6 Å². The zero-order chi connectivity index (χ0) is 11.5. The maximum atomic E-state index is 11.7. The Labute approximate surface area is 93.3 Å². The quantitative estimate of drug-likeness (QED) is 0.574. The lowest BCUT2D eigenvalue weighted by molar-refractivity contribution is -0.142. The second kappa shape index (κ2) is 4.80. The number of hydrogen-bond acceptors (Lipinski definition) is 4. The molecule has 16 heavy (non-hydrogen) atoms. The van der Waals surface area contributed by atoms with E-state index in [4.69, 9.17) is 9.84 Å². The van der Waals surface area contributed by atoms with E-state index >= 15 is 0 Å². The van der Waals surface area contributed by atoms with Crippen molar-refractivity contribution in [1.82, 2.24) is 10.6 Å². The number of nitrogens with one attached hydrogen (secondary N) is 2. The summed E-state index contributed by atoms with van der Waals surface area (Å²) in [6.07, 6.45) is 1.80. The summed E-state index contributed by atoms with van der Waals surface area (Å²) >= 11 is 0. The Kier molecular flexibility index (Phi) is 3.40. The number of carbonyl (C=O) groups excluding carboxylic acids is 1. The molecule has 0 aromatic carbocycles. The summed E-state index contributed by atoms with van der Waals surface area (Å²) in [5, 5.41) is 14.7. The van der Waals surface area contributed by atoms with E-state index in [-0.39, 0.29) is 25.2 Å². The van der Waals surface area contributed by atoms with Crippen LogP contribution in [0.4, 0.5) is 0 Å². The molecule has 2 unspecified atom stereocenters. The van der Waals surface area contributed by atoms with Crippen molar-refractivity contribution in [3.05, 3.63) is 0 Å². The largest absolute Gasteiger partial charge is 0.481 e. The van der Waals surface area contributed by atoms with Crippen molar-refractivity contribution in [2.45, 2.75) is 24.9 Å². The third-order valence-electron chi connectivity index (χ3n) is 3.10. The van der Waals surface area contributed by atoms with Gasteiger partial charge in [0.05, 0.1) is 25.3 Å². The maximum absolute atomic E-state index is 11.7. The molecule has 0 spiro atoms. The van der Waals surface area contributed by atoms with Crippen LogP contribution in [-0.4, -0.2) is 48.8 Å². The maximum Gasteiger partial charge on any atom is 0.311 e. The topological polar surface area (TPSA) is 87.7 Å². The molecule has 3 atom stereocenters. The van der Waals surface area contributed by atoms with E-state index in [1.807, 2.05) is 0 Å². The van der Waals surface area contributed by atoms with Gasteiger partial charge in [0.25, 0.3) is 0 Å². The lowest BCUT2D eigenvalue weighted by atomic mass is 10.0. The number of amides is 1. The molecule has 6 heteroatoms. The smallest absolute Gasteiger partial charge is 0.311 e. The van der Waals surface area contributed by atoms with Crippen molar-refractivity contribution in [2.75, 3.05) is 19.8 Å². The fourth-order valence-corrected chi connectivity index (χ4v) is 2.13. The van der Waals surface area contributed by atoms with E-state index in [0.29, 0.717) is 0 Å². The molecule has 2 aliphatic rings. The van der Waals surface area contributed by atoms with Gasteiger partial charge in [-0.05, 0) is 19.4 Å².